The van der Waals surface area contributed by atoms with E-state index in [1.165, 1.54) is 18.2 Å². The van der Waals surface area contributed by atoms with Crippen LogP contribution in [0, 0.1) is 0 Å². The van der Waals surface area contributed by atoms with Gasteiger partial charge in [-0.15, -0.1) is 0 Å². The van der Waals surface area contributed by atoms with Crippen LogP contribution in [0.1, 0.15) is 5.56 Å². The first kappa shape index (κ1) is 13.5. The minimum atomic E-state index is -4.59. The Hall–Kier alpha value is -1.91. The second-order valence-corrected chi connectivity index (χ2v) is 4.91. The van der Waals surface area contributed by atoms with Gasteiger partial charge in [-0.25, -0.2) is 10.9 Å². The lowest BCUT2D eigenvalue weighted by molar-refractivity contribution is 0.160. The second kappa shape index (κ2) is 4.64. The molecule has 3 N–H and O–H groups in total. The van der Waals surface area contributed by atoms with Crippen molar-refractivity contribution in [1.29, 1.82) is 0 Å². The van der Waals surface area contributed by atoms with Crippen LogP contribution in [0.15, 0.2) is 39.1 Å². The van der Waals surface area contributed by atoms with Gasteiger partial charge in [0.25, 0.3) is 16.5 Å². The summed E-state index contributed by atoms with van der Waals surface area (Å²) in [5.41, 5.74) is -0.236. The molecule has 0 spiro atoms. The molecule has 0 fully saturated rings. The number of aliphatic imine (C=N–C) groups is 2. The number of halogens is 2. The lowest BCUT2D eigenvalue weighted by atomic mass is 10.2. The highest BCUT2D eigenvalue weighted by Crippen LogP contribution is 2.20. The molecule has 0 bridgehead atoms. The van der Waals surface area contributed by atoms with Crippen molar-refractivity contribution in [2.45, 2.75) is 11.3 Å². The van der Waals surface area contributed by atoms with Gasteiger partial charge in [-0.3, -0.25) is 4.55 Å². The number of benzene rings is 1. The van der Waals surface area contributed by atoms with Crippen LogP contribution in [0.3, 0.4) is 0 Å². The Morgan fingerprint density at radius 1 is 1.37 bits per heavy atom. The first-order chi connectivity index (χ1) is 8.80. The van der Waals surface area contributed by atoms with Gasteiger partial charge in [0, 0.05) is 5.56 Å². The minimum Gasteiger partial charge on any atom is -0.282 e. The van der Waals surface area contributed by atoms with Crippen LogP contribution in [-0.2, 0) is 10.1 Å². The fourth-order valence-electron chi connectivity index (χ4n) is 1.50. The van der Waals surface area contributed by atoms with Gasteiger partial charge in [-0.1, -0.05) is 12.1 Å². The summed E-state index contributed by atoms with van der Waals surface area (Å²) in [6.07, 6.45) is -3.61. The van der Waals surface area contributed by atoms with Gasteiger partial charge < -0.3 is 0 Å². The smallest absolute Gasteiger partial charge is 0.282 e. The van der Waals surface area contributed by atoms with Crippen molar-refractivity contribution >= 4 is 22.0 Å². The largest absolute Gasteiger partial charge is 0.310 e. The number of hydrazine groups is 1. The molecule has 1 aliphatic heterocycles. The van der Waals surface area contributed by atoms with Crippen molar-refractivity contribution < 1.29 is 21.8 Å². The molecule has 0 saturated carbocycles. The molecule has 0 radical (unpaired) electrons. The van der Waals surface area contributed by atoms with Crippen LogP contribution in [0.5, 0.6) is 0 Å². The molecular formula is C9H8F2N4O3S. The van der Waals surface area contributed by atoms with Crippen LogP contribution < -0.4 is 5.84 Å². The number of amidine groups is 2. The van der Waals surface area contributed by atoms with Crippen LogP contribution in [0.2, 0.25) is 0 Å². The molecule has 102 valence electrons. The number of hydrogen-bond donors (Lipinski definition) is 2. The van der Waals surface area contributed by atoms with E-state index in [2.05, 4.69) is 9.98 Å². The number of nitrogens with zero attached hydrogens (tertiary/aromatic N) is 3. The molecule has 0 saturated heterocycles. The second-order valence-electron chi connectivity index (χ2n) is 3.52. The molecule has 7 nitrogen and oxygen atoms in total. The van der Waals surface area contributed by atoms with Crippen molar-refractivity contribution in [3.8, 4) is 0 Å². The lowest BCUT2D eigenvalue weighted by Crippen LogP contribution is -2.46. The van der Waals surface area contributed by atoms with Crippen molar-refractivity contribution in [1.82, 2.24) is 5.01 Å². The zero-order chi connectivity index (χ0) is 14.2. The molecule has 1 aliphatic rings. The summed E-state index contributed by atoms with van der Waals surface area (Å²) < 4.78 is 57.7. The van der Waals surface area contributed by atoms with E-state index >= 15 is 0 Å². The van der Waals surface area contributed by atoms with E-state index in [1.807, 2.05) is 0 Å². The van der Waals surface area contributed by atoms with Gasteiger partial charge in [0.05, 0.1) is 0 Å². The van der Waals surface area contributed by atoms with E-state index in [4.69, 9.17) is 10.4 Å². The van der Waals surface area contributed by atoms with Gasteiger partial charge in [-0.05, 0) is 12.1 Å². The van der Waals surface area contributed by atoms with Crippen molar-refractivity contribution in [2.24, 2.45) is 15.8 Å². The Labute approximate surface area is 106 Å². The van der Waals surface area contributed by atoms with Gasteiger partial charge in [0.15, 0.2) is 5.84 Å². The quantitative estimate of drug-likeness (QED) is 0.467. The van der Waals surface area contributed by atoms with Crippen molar-refractivity contribution in [3.63, 3.8) is 0 Å². The van der Waals surface area contributed by atoms with Crippen molar-refractivity contribution in [3.05, 3.63) is 29.8 Å². The molecule has 2 rings (SSSR count). The molecule has 1 aromatic carbocycles. The maximum absolute atomic E-state index is 13.3. The summed E-state index contributed by atoms with van der Waals surface area (Å²) in [7, 11) is -4.59. The van der Waals surface area contributed by atoms with Crippen LogP contribution in [0.4, 0.5) is 8.78 Å². The van der Waals surface area contributed by atoms with E-state index in [0.717, 1.165) is 6.07 Å². The highest BCUT2D eigenvalue weighted by atomic mass is 32.2. The molecule has 10 heteroatoms. The molecule has 1 heterocycles. The minimum absolute atomic E-state index is 0.236. The Morgan fingerprint density at radius 3 is 2.63 bits per heavy atom. The average Bonchev–Trinajstić information content (AvgIpc) is 2.33. The Kier molecular flexibility index (Phi) is 3.30. The van der Waals surface area contributed by atoms with E-state index < -0.39 is 33.4 Å². The Balaban J connectivity index is 2.63. The lowest BCUT2D eigenvalue weighted by Gasteiger charge is -2.25. The molecule has 19 heavy (non-hydrogen) atoms. The van der Waals surface area contributed by atoms with Crippen LogP contribution in [0.25, 0.3) is 0 Å². The molecule has 0 amide bonds. The summed E-state index contributed by atoms with van der Waals surface area (Å²) in [6, 6.07) is 4.98. The molecule has 1 atom stereocenters. The van der Waals surface area contributed by atoms with E-state index in [0.29, 0.717) is 5.01 Å². The summed E-state index contributed by atoms with van der Waals surface area (Å²) in [4.78, 5) is 5.50. The van der Waals surface area contributed by atoms with Crippen LogP contribution in [-0.4, -0.2) is 36.3 Å². The maximum Gasteiger partial charge on any atom is 0.310 e. The Morgan fingerprint density at radius 2 is 2.00 bits per heavy atom. The first-order valence-electron chi connectivity index (χ1n) is 4.87. The highest BCUT2D eigenvalue weighted by molar-refractivity contribution is 7.86. The number of hydrogen-bond acceptors (Lipinski definition) is 6. The number of nitrogens with two attached hydrogens (primary N) is 1. The monoisotopic (exact) mass is 290 g/mol. The zero-order valence-corrected chi connectivity index (χ0v) is 10.1. The van der Waals surface area contributed by atoms with E-state index in [-0.39, 0.29) is 5.56 Å². The summed E-state index contributed by atoms with van der Waals surface area (Å²) in [5.74, 6) is 4.81. The summed E-state index contributed by atoms with van der Waals surface area (Å²) >= 11 is 0. The third kappa shape index (κ3) is 2.59. The Bertz CT molecular complexity index is 674. The van der Waals surface area contributed by atoms with Crippen molar-refractivity contribution in [2.75, 3.05) is 0 Å². The maximum atomic E-state index is 13.3. The highest BCUT2D eigenvalue weighted by Gasteiger charge is 2.28. The summed E-state index contributed by atoms with van der Waals surface area (Å²) in [5, 5.41) is 0.354. The molecule has 1 unspecified atom stereocenters. The van der Waals surface area contributed by atoms with Gasteiger partial charge >= 0.3 is 6.09 Å². The molecular weight excluding hydrogens is 282 g/mol. The third-order valence-corrected chi connectivity index (χ3v) is 3.20. The summed E-state index contributed by atoms with van der Waals surface area (Å²) in [6.45, 7) is 0. The zero-order valence-electron chi connectivity index (χ0n) is 9.23. The number of alkyl halides is 1. The van der Waals surface area contributed by atoms with Crippen LogP contribution >= 0.6 is 0 Å². The fourth-order valence-corrected chi connectivity index (χ4v) is 2.19. The van der Waals surface area contributed by atoms with Gasteiger partial charge in [0.1, 0.15) is 4.90 Å². The predicted molar refractivity (Wildman–Crippen MR) is 62.3 cm³/mol. The topological polar surface area (TPSA) is 108 Å². The average molecular weight is 290 g/mol. The SMILES string of the molecule is NN1C(c2ccccc2S(=O)(=O)O)=NC(F)=NC1F. The van der Waals surface area contributed by atoms with Gasteiger partial charge in [0.2, 0.25) is 0 Å². The van der Waals surface area contributed by atoms with E-state index in [1.54, 1.807) is 0 Å². The fraction of sp³-hybridized carbons (Fsp3) is 0.111. The molecule has 0 aliphatic carbocycles. The first-order valence-corrected chi connectivity index (χ1v) is 6.31. The normalized spacial score (nSPS) is 20.0. The predicted octanol–water partition coefficient (Wildman–Crippen LogP) is 0.448. The third-order valence-electron chi connectivity index (χ3n) is 2.29. The standard InChI is InChI=1S/C9H8F2N4O3S/c10-8-13-7(15(12)9(11)14-8)5-3-1-2-4-6(5)19(16,17)18/h1-4,9H,12H2,(H,16,17,18). The molecule has 1 aromatic rings. The molecule has 0 aromatic heterocycles. The van der Waals surface area contributed by atoms with E-state index in [9.17, 15) is 17.2 Å². The van der Waals surface area contributed by atoms with Gasteiger partial charge in [-0.2, -0.15) is 27.2 Å². The number of rotatable bonds is 2.